The quantitative estimate of drug-likeness (QED) is 0.657. The molecular formula is C19H20O. The minimum Gasteiger partial charge on any atom is -0.490 e. The van der Waals surface area contributed by atoms with E-state index in [1.54, 1.807) is 0 Å². The van der Waals surface area contributed by atoms with Crippen molar-refractivity contribution < 1.29 is 4.74 Å². The molecule has 1 saturated carbocycles. The Kier molecular flexibility index (Phi) is 2.80. The predicted molar refractivity (Wildman–Crippen MR) is 80.5 cm³/mol. The summed E-state index contributed by atoms with van der Waals surface area (Å²) in [7, 11) is 0. The standard InChI is InChI=1S/C19H20O/c1-13-7-9-16-18(11-13)17-10-8-15(12-19(16)17)20-14-5-3-2-4-6-14/h7-12,14H,2-6H2,1H3. The van der Waals surface area contributed by atoms with Crippen molar-refractivity contribution in [3.05, 3.63) is 62.8 Å². The molecule has 1 fully saturated rings. The fourth-order valence-electron chi connectivity index (χ4n) is 3.48. The molecule has 0 unspecified atom stereocenters. The van der Waals surface area contributed by atoms with E-state index < -0.39 is 0 Å². The van der Waals surface area contributed by atoms with E-state index >= 15 is 0 Å². The van der Waals surface area contributed by atoms with Gasteiger partial charge in [0, 0.05) is 0 Å². The number of fused-ring (bicyclic) bond motifs is 2. The molecule has 1 heteroatoms. The van der Waals surface area contributed by atoms with E-state index in [0.29, 0.717) is 6.10 Å². The first-order valence-electron chi connectivity index (χ1n) is 7.73. The highest BCUT2D eigenvalue weighted by atomic mass is 16.5. The lowest BCUT2D eigenvalue weighted by molar-refractivity contribution is 0.155. The van der Waals surface area contributed by atoms with E-state index in [1.807, 2.05) is 0 Å². The number of benzene rings is 2. The van der Waals surface area contributed by atoms with Gasteiger partial charge in [-0.15, -0.1) is 0 Å². The minimum atomic E-state index is 0.430. The zero-order valence-electron chi connectivity index (χ0n) is 12.0. The lowest BCUT2D eigenvalue weighted by Crippen LogP contribution is -2.19. The van der Waals surface area contributed by atoms with Gasteiger partial charge in [-0.3, -0.25) is 0 Å². The van der Waals surface area contributed by atoms with Crippen molar-refractivity contribution in [2.45, 2.75) is 45.1 Å². The first kappa shape index (κ1) is 12.0. The molecule has 20 heavy (non-hydrogen) atoms. The van der Waals surface area contributed by atoms with Crippen LogP contribution in [-0.2, 0) is 0 Å². The van der Waals surface area contributed by atoms with E-state index in [4.69, 9.17) is 4.74 Å². The number of aryl methyl sites for hydroxylation is 1. The number of ether oxygens (including phenoxy) is 1. The maximum atomic E-state index is 6.16. The molecule has 2 aliphatic rings. The molecule has 0 spiro atoms. The Hall–Kier alpha value is -1.76. The van der Waals surface area contributed by atoms with Gasteiger partial charge in [-0.25, -0.2) is 0 Å². The third kappa shape index (κ3) is 1.93. The second-order valence-electron chi connectivity index (χ2n) is 6.13. The average Bonchev–Trinajstić information content (AvgIpc) is 2.47. The van der Waals surface area contributed by atoms with Crippen molar-refractivity contribution >= 4 is 0 Å². The molecule has 2 aromatic carbocycles. The normalized spacial score (nSPS) is 17.1. The molecule has 0 atom stereocenters. The Bertz CT molecular complexity index is 829. The van der Waals surface area contributed by atoms with Crippen molar-refractivity contribution in [1.29, 1.82) is 0 Å². The second kappa shape index (κ2) is 4.66. The fourth-order valence-corrected chi connectivity index (χ4v) is 3.48. The topological polar surface area (TPSA) is 9.23 Å². The van der Waals surface area contributed by atoms with Crippen LogP contribution in [0.2, 0.25) is 0 Å². The molecule has 102 valence electrons. The van der Waals surface area contributed by atoms with Crippen LogP contribution < -0.4 is 4.74 Å². The van der Waals surface area contributed by atoms with Crippen LogP contribution in [0.5, 0.6) is 5.75 Å². The van der Waals surface area contributed by atoms with Crippen molar-refractivity contribution in [2.75, 3.05) is 0 Å². The van der Waals surface area contributed by atoms with E-state index in [1.165, 1.54) is 58.5 Å². The zero-order valence-corrected chi connectivity index (χ0v) is 12.0. The van der Waals surface area contributed by atoms with Gasteiger partial charge < -0.3 is 4.74 Å². The van der Waals surface area contributed by atoms with Gasteiger partial charge in [0.25, 0.3) is 0 Å². The van der Waals surface area contributed by atoms with Gasteiger partial charge >= 0.3 is 0 Å². The van der Waals surface area contributed by atoms with Crippen LogP contribution in [0.3, 0.4) is 0 Å². The molecule has 0 bridgehead atoms. The predicted octanol–water partition coefficient (Wildman–Crippen LogP) is 4.59. The molecule has 0 N–H and O–H groups in total. The lowest BCUT2D eigenvalue weighted by atomic mass is 9.97. The molecule has 0 amide bonds. The Morgan fingerprint density at radius 3 is 2.30 bits per heavy atom. The van der Waals surface area contributed by atoms with E-state index in [2.05, 4.69) is 43.3 Å². The molecule has 0 radical (unpaired) electrons. The van der Waals surface area contributed by atoms with Crippen LogP contribution in [-0.4, -0.2) is 6.10 Å². The van der Waals surface area contributed by atoms with Crippen LogP contribution in [0.1, 0.15) is 37.7 Å². The summed E-state index contributed by atoms with van der Waals surface area (Å²) in [6.45, 7) is 2.15. The van der Waals surface area contributed by atoms with Crippen molar-refractivity contribution in [3.8, 4) is 5.75 Å². The summed E-state index contributed by atoms with van der Waals surface area (Å²) < 4.78 is 6.16. The molecule has 0 heterocycles. The molecule has 0 aromatic heterocycles. The molecular weight excluding hydrogens is 244 g/mol. The highest BCUT2D eigenvalue weighted by Gasteiger charge is 2.15. The average molecular weight is 264 g/mol. The lowest BCUT2D eigenvalue weighted by Gasteiger charge is -2.23. The fraction of sp³-hybridized carbons (Fsp3) is 0.368. The van der Waals surface area contributed by atoms with Gasteiger partial charge in [-0.05, 0) is 65.6 Å². The minimum absolute atomic E-state index is 0.430. The van der Waals surface area contributed by atoms with Gasteiger partial charge in [-0.1, -0.05) is 36.2 Å². The Morgan fingerprint density at radius 2 is 1.50 bits per heavy atom. The summed E-state index contributed by atoms with van der Waals surface area (Å²) in [6, 6.07) is 13.3. The molecule has 0 aliphatic heterocycles. The van der Waals surface area contributed by atoms with Crippen LogP contribution in [0, 0.1) is 27.8 Å². The summed E-state index contributed by atoms with van der Waals surface area (Å²) >= 11 is 0. The zero-order chi connectivity index (χ0) is 13.5. The summed E-state index contributed by atoms with van der Waals surface area (Å²) in [5, 5.41) is 5.50. The Labute approximate surface area is 119 Å². The van der Waals surface area contributed by atoms with E-state index in [-0.39, 0.29) is 0 Å². The summed E-state index contributed by atoms with van der Waals surface area (Å²) in [4.78, 5) is 0. The first-order valence-corrected chi connectivity index (χ1v) is 7.73. The van der Waals surface area contributed by atoms with Gasteiger partial charge in [0.05, 0.1) is 6.10 Å². The van der Waals surface area contributed by atoms with Crippen LogP contribution >= 0.6 is 0 Å². The summed E-state index contributed by atoms with van der Waals surface area (Å²) in [5.41, 5.74) is 1.33. The summed E-state index contributed by atoms with van der Waals surface area (Å²) in [5.74, 6) is 1.04. The molecule has 4 rings (SSSR count). The first-order chi connectivity index (χ1) is 9.81. The SMILES string of the molecule is Cc1ccc2c(c1)=c1ccc(OC3CCCCC3)cc1=2. The van der Waals surface area contributed by atoms with Crippen LogP contribution in [0.25, 0.3) is 0 Å². The van der Waals surface area contributed by atoms with Gasteiger partial charge in [0.1, 0.15) is 5.75 Å². The third-order valence-electron chi connectivity index (χ3n) is 4.60. The highest BCUT2D eigenvalue weighted by molar-refractivity contribution is 5.36. The van der Waals surface area contributed by atoms with E-state index in [9.17, 15) is 0 Å². The summed E-state index contributed by atoms with van der Waals surface area (Å²) in [6.07, 6.45) is 6.87. The highest BCUT2D eigenvalue weighted by Crippen LogP contribution is 2.25. The number of hydrogen-bond donors (Lipinski definition) is 0. The smallest absolute Gasteiger partial charge is 0.120 e. The van der Waals surface area contributed by atoms with Crippen LogP contribution in [0.15, 0.2) is 36.4 Å². The second-order valence-corrected chi connectivity index (χ2v) is 6.13. The van der Waals surface area contributed by atoms with Gasteiger partial charge in [0.15, 0.2) is 0 Å². The number of hydrogen-bond acceptors (Lipinski definition) is 1. The van der Waals surface area contributed by atoms with Gasteiger partial charge in [0.2, 0.25) is 0 Å². The maximum Gasteiger partial charge on any atom is 0.120 e. The molecule has 0 saturated heterocycles. The monoisotopic (exact) mass is 264 g/mol. The maximum absolute atomic E-state index is 6.16. The van der Waals surface area contributed by atoms with Crippen molar-refractivity contribution in [2.24, 2.45) is 0 Å². The molecule has 2 aliphatic carbocycles. The van der Waals surface area contributed by atoms with Crippen molar-refractivity contribution in [3.63, 3.8) is 0 Å². The number of rotatable bonds is 2. The van der Waals surface area contributed by atoms with E-state index in [0.717, 1.165) is 5.75 Å². The Balaban J connectivity index is 1.70. The van der Waals surface area contributed by atoms with Crippen molar-refractivity contribution in [1.82, 2.24) is 0 Å². The molecule has 1 nitrogen and oxygen atoms in total. The largest absolute Gasteiger partial charge is 0.490 e. The third-order valence-corrected chi connectivity index (χ3v) is 4.60. The Morgan fingerprint density at radius 1 is 0.800 bits per heavy atom. The van der Waals surface area contributed by atoms with Crippen LogP contribution in [0.4, 0.5) is 0 Å². The van der Waals surface area contributed by atoms with Gasteiger partial charge in [-0.2, -0.15) is 0 Å². The molecule has 2 aromatic rings.